The number of likely N-dealkylation sites (tertiary alicyclic amines) is 1. The lowest BCUT2D eigenvalue weighted by molar-refractivity contribution is -0.133. The van der Waals surface area contributed by atoms with Crippen LogP contribution in [0.15, 0.2) is 54.9 Å². The Morgan fingerprint density at radius 3 is 2.69 bits per heavy atom. The maximum atomic E-state index is 12.8. The van der Waals surface area contributed by atoms with Crippen molar-refractivity contribution >= 4 is 17.5 Å². The Hall–Kier alpha value is -2.69. The number of hydrogen-bond donors (Lipinski definition) is 0. The van der Waals surface area contributed by atoms with Gasteiger partial charge in [-0.3, -0.25) is 14.6 Å². The third-order valence-electron chi connectivity index (χ3n) is 5.48. The molecule has 134 valence electrons. The molecule has 3 heterocycles. The fourth-order valence-corrected chi connectivity index (χ4v) is 4.24. The average molecular weight is 349 g/mol. The van der Waals surface area contributed by atoms with E-state index in [2.05, 4.69) is 17.1 Å². The summed E-state index contributed by atoms with van der Waals surface area (Å²) in [6, 6.07) is 14.1. The molecular formula is C21H23N3O2. The van der Waals surface area contributed by atoms with E-state index in [1.165, 1.54) is 5.56 Å². The number of nitrogens with zero attached hydrogens (tertiary/aromatic N) is 3. The molecule has 0 radical (unpaired) electrons. The summed E-state index contributed by atoms with van der Waals surface area (Å²) in [7, 11) is 0. The molecule has 0 N–H and O–H groups in total. The van der Waals surface area contributed by atoms with E-state index in [9.17, 15) is 9.59 Å². The van der Waals surface area contributed by atoms with Gasteiger partial charge < -0.3 is 9.80 Å². The highest BCUT2D eigenvalue weighted by Crippen LogP contribution is 2.34. The number of hydrogen-bond acceptors (Lipinski definition) is 3. The van der Waals surface area contributed by atoms with Gasteiger partial charge in [-0.1, -0.05) is 30.3 Å². The lowest BCUT2D eigenvalue weighted by atomic mass is 9.95. The molecule has 5 heteroatoms. The van der Waals surface area contributed by atoms with Crippen molar-refractivity contribution < 1.29 is 9.59 Å². The number of carbonyl (C=O) groups excluding carboxylic acids is 2. The monoisotopic (exact) mass is 349 g/mol. The SMILES string of the molecule is O=C(CCc1ccccc1)N1CC[C@H]2[C@@H]1CCC(=O)N2c1cccnc1. The number of benzene rings is 1. The van der Waals surface area contributed by atoms with Crippen LogP contribution < -0.4 is 4.90 Å². The number of aryl methyl sites for hydroxylation is 1. The highest BCUT2D eigenvalue weighted by atomic mass is 16.2. The van der Waals surface area contributed by atoms with Gasteiger partial charge in [-0.2, -0.15) is 0 Å². The van der Waals surface area contributed by atoms with Crippen LogP contribution in [-0.2, 0) is 16.0 Å². The smallest absolute Gasteiger partial charge is 0.227 e. The maximum absolute atomic E-state index is 12.8. The number of amides is 2. The third kappa shape index (κ3) is 3.21. The van der Waals surface area contributed by atoms with Crippen molar-refractivity contribution in [2.75, 3.05) is 11.4 Å². The van der Waals surface area contributed by atoms with Gasteiger partial charge in [0.2, 0.25) is 11.8 Å². The maximum Gasteiger partial charge on any atom is 0.227 e. The van der Waals surface area contributed by atoms with E-state index in [1.807, 2.05) is 40.1 Å². The average Bonchev–Trinajstić information content (AvgIpc) is 3.11. The van der Waals surface area contributed by atoms with Crippen molar-refractivity contribution in [3.05, 3.63) is 60.4 Å². The first-order valence-corrected chi connectivity index (χ1v) is 9.29. The molecule has 0 bridgehead atoms. The third-order valence-corrected chi connectivity index (χ3v) is 5.48. The molecule has 0 unspecified atom stereocenters. The van der Waals surface area contributed by atoms with Crippen LogP contribution in [-0.4, -0.2) is 40.3 Å². The van der Waals surface area contributed by atoms with Crippen LogP contribution in [0.25, 0.3) is 0 Å². The summed E-state index contributed by atoms with van der Waals surface area (Å²) in [6.45, 7) is 0.729. The predicted octanol–water partition coefficient (Wildman–Crippen LogP) is 2.81. The molecule has 2 aromatic rings. The van der Waals surface area contributed by atoms with Gasteiger partial charge in [-0.05, 0) is 37.0 Å². The molecule has 1 aromatic heterocycles. The van der Waals surface area contributed by atoms with E-state index in [1.54, 1.807) is 12.4 Å². The Bertz CT molecular complexity index is 778. The van der Waals surface area contributed by atoms with Gasteiger partial charge >= 0.3 is 0 Å². The number of pyridine rings is 1. The van der Waals surface area contributed by atoms with Gasteiger partial charge in [0, 0.05) is 25.6 Å². The quantitative estimate of drug-likeness (QED) is 0.853. The zero-order valence-corrected chi connectivity index (χ0v) is 14.8. The van der Waals surface area contributed by atoms with Crippen LogP contribution in [0.4, 0.5) is 5.69 Å². The van der Waals surface area contributed by atoms with Gasteiger partial charge in [-0.25, -0.2) is 0 Å². The molecule has 0 saturated carbocycles. The molecule has 26 heavy (non-hydrogen) atoms. The summed E-state index contributed by atoms with van der Waals surface area (Å²) in [6.07, 6.45) is 6.81. The molecule has 2 atom stereocenters. The number of fused-ring (bicyclic) bond motifs is 1. The molecule has 2 aliphatic heterocycles. The second kappa shape index (κ2) is 7.28. The van der Waals surface area contributed by atoms with Crippen molar-refractivity contribution in [3.8, 4) is 0 Å². The highest BCUT2D eigenvalue weighted by molar-refractivity contribution is 5.95. The Labute approximate surface area is 153 Å². The highest BCUT2D eigenvalue weighted by Gasteiger charge is 2.45. The van der Waals surface area contributed by atoms with Crippen molar-refractivity contribution in [1.82, 2.24) is 9.88 Å². The minimum atomic E-state index is 0.0705. The molecule has 2 aliphatic rings. The molecule has 2 fully saturated rings. The fourth-order valence-electron chi connectivity index (χ4n) is 4.24. The number of anilines is 1. The lowest BCUT2D eigenvalue weighted by Gasteiger charge is -2.39. The van der Waals surface area contributed by atoms with Crippen LogP contribution in [0.5, 0.6) is 0 Å². The molecule has 0 aliphatic carbocycles. The molecule has 2 saturated heterocycles. The fraction of sp³-hybridized carbons (Fsp3) is 0.381. The summed E-state index contributed by atoms with van der Waals surface area (Å²) in [5.41, 5.74) is 2.03. The van der Waals surface area contributed by atoms with Crippen LogP contribution >= 0.6 is 0 Å². The summed E-state index contributed by atoms with van der Waals surface area (Å²) in [4.78, 5) is 33.3. The van der Waals surface area contributed by atoms with Crippen LogP contribution in [0.1, 0.15) is 31.2 Å². The first kappa shape index (κ1) is 16.8. The van der Waals surface area contributed by atoms with Gasteiger partial charge in [0.15, 0.2) is 0 Å². The summed E-state index contributed by atoms with van der Waals surface area (Å²) in [5.74, 6) is 0.333. The van der Waals surface area contributed by atoms with E-state index in [4.69, 9.17) is 0 Å². The summed E-state index contributed by atoms with van der Waals surface area (Å²) >= 11 is 0. The van der Waals surface area contributed by atoms with E-state index < -0.39 is 0 Å². The van der Waals surface area contributed by atoms with Crippen molar-refractivity contribution in [3.63, 3.8) is 0 Å². The summed E-state index contributed by atoms with van der Waals surface area (Å²) < 4.78 is 0. The first-order valence-electron chi connectivity index (χ1n) is 9.29. The Morgan fingerprint density at radius 2 is 1.92 bits per heavy atom. The van der Waals surface area contributed by atoms with Gasteiger partial charge in [0.25, 0.3) is 0 Å². The van der Waals surface area contributed by atoms with Crippen molar-refractivity contribution in [2.45, 2.75) is 44.2 Å². The Kier molecular flexibility index (Phi) is 4.69. The number of aromatic nitrogens is 1. The number of piperidine rings is 1. The van der Waals surface area contributed by atoms with E-state index >= 15 is 0 Å². The second-order valence-electron chi connectivity index (χ2n) is 7.01. The summed E-state index contributed by atoms with van der Waals surface area (Å²) in [5, 5.41) is 0. The van der Waals surface area contributed by atoms with Crippen LogP contribution in [0, 0.1) is 0 Å². The van der Waals surface area contributed by atoms with Gasteiger partial charge in [0.1, 0.15) is 0 Å². The van der Waals surface area contributed by atoms with Crippen LogP contribution in [0.2, 0.25) is 0 Å². The largest absolute Gasteiger partial charge is 0.338 e. The minimum absolute atomic E-state index is 0.0705. The molecule has 2 amide bonds. The molecule has 4 rings (SSSR count). The van der Waals surface area contributed by atoms with Crippen LogP contribution in [0.3, 0.4) is 0 Å². The van der Waals surface area contributed by atoms with Crippen molar-refractivity contribution in [2.24, 2.45) is 0 Å². The predicted molar refractivity (Wildman–Crippen MR) is 99.6 cm³/mol. The lowest BCUT2D eigenvalue weighted by Crippen LogP contribution is -2.53. The second-order valence-corrected chi connectivity index (χ2v) is 7.01. The van der Waals surface area contributed by atoms with Crippen molar-refractivity contribution in [1.29, 1.82) is 0 Å². The standard InChI is InChI=1S/C21H23N3O2/c25-20(10-8-16-5-2-1-3-6-16)23-14-12-19-18(23)9-11-21(26)24(19)17-7-4-13-22-15-17/h1-7,13,15,18-19H,8-12,14H2/t18-,19-/m0/s1. The topological polar surface area (TPSA) is 53.5 Å². The number of rotatable bonds is 4. The molecule has 0 spiro atoms. The van der Waals surface area contributed by atoms with E-state index in [0.717, 1.165) is 31.5 Å². The van der Waals surface area contributed by atoms with Gasteiger partial charge in [-0.15, -0.1) is 0 Å². The minimum Gasteiger partial charge on any atom is -0.338 e. The molecule has 5 nitrogen and oxygen atoms in total. The first-order chi connectivity index (χ1) is 12.7. The molecular weight excluding hydrogens is 326 g/mol. The zero-order chi connectivity index (χ0) is 17.9. The zero-order valence-electron chi connectivity index (χ0n) is 14.8. The molecule has 1 aromatic carbocycles. The van der Waals surface area contributed by atoms with Gasteiger partial charge in [0.05, 0.1) is 24.0 Å². The normalized spacial score (nSPS) is 22.4. The van der Waals surface area contributed by atoms with E-state index in [-0.39, 0.29) is 23.9 Å². The number of carbonyl (C=O) groups is 2. The van der Waals surface area contributed by atoms with E-state index in [0.29, 0.717) is 12.8 Å². The Balaban J connectivity index is 1.46. The Morgan fingerprint density at radius 1 is 1.08 bits per heavy atom.